The van der Waals surface area contributed by atoms with Crippen LogP contribution in [0.2, 0.25) is 0 Å². The standard InChI is InChI=1S/C24H28N2O6/c1-12(2)21(26-22(29)19-15-7-8-16(9-15)20(19)23(26)30)24(31)32-11-18(28)25-17-6-4-5-14(10-17)13(3)27/h4-6,10,12,15-16,19-21H,7-9,11H2,1-3H3,(H,25,28)/t15-,16-,19+,20+,21-/m0/s1. The van der Waals surface area contributed by atoms with Crippen molar-refractivity contribution in [3.05, 3.63) is 29.8 Å². The molecular weight excluding hydrogens is 412 g/mol. The lowest BCUT2D eigenvalue weighted by Gasteiger charge is -2.28. The van der Waals surface area contributed by atoms with Gasteiger partial charge in [-0.05, 0) is 56.1 Å². The zero-order valence-corrected chi connectivity index (χ0v) is 18.5. The third-order valence-electron chi connectivity index (χ3n) is 7.01. The molecule has 3 aliphatic rings. The van der Waals surface area contributed by atoms with E-state index in [2.05, 4.69) is 5.32 Å². The molecule has 3 fully saturated rings. The molecule has 1 N–H and O–H groups in total. The number of amides is 3. The molecule has 0 spiro atoms. The average Bonchev–Trinajstić information content (AvgIpc) is 3.42. The third-order valence-corrected chi connectivity index (χ3v) is 7.01. The van der Waals surface area contributed by atoms with Crippen LogP contribution in [0.5, 0.6) is 0 Å². The van der Waals surface area contributed by atoms with Crippen LogP contribution in [0.4, 0.5) is 5.69 Å². The third kappa shape index (κ3) is 3.82. The maximum Gasteiger partial charge on any atom is 0.330 e. The van der Waals surface area contributed by atoms with Gasteiger partial charge in [0.2, 0.25) is 11.8 Å². The van der Waals surface area contributed by atoms with E-state index in [1.54, 1.807) is 32.0 Å². The monoisotopic (exact) mass is 440 g/mol. The zero-order chi connectivity index (χ0) is 23.2. The van der Waals surface area contributed by atoms with Gasteiger partial charge in [0.15, 0.2) is 12.4 Å². The van der Waals surface area contributed by atoms with Crippen molar-refractivity contribution in [2.75, 3.05) is 11.9 Å². The van der Waals surface area contributed by atoms with Gasteiger partial charge in [0.05, 0.1) is 11.8 Å². The largest absolute Gasteiger partial charge is 0.454 e. The van der Waals surface area contributed by atoms with Gasteiger partial charge in [-0.2, -0.15) is 0 Å². The fourth-order valence-electron chi connectivity index (χ4n) is 5.62. The minimum atomic E-state index is -1.05. The van der Waals surface area contributed by atoms with Crippen molar-refractivity contribution in [1.82, 2.24) is 4.90 Å². The van der Waals surface area contributed by atoms with E-state index in [-0.39, 0.29) is 47.2 Å². The Kier molecular flexibility index (Phi) is 5.88. The van der Waals surface area contributed by atoms with E-state index in [9.17, 15) is 24.0 Å². The number of anilines is 1. The molecule has 2 saturated carbocycles. The Hall–Kier alpha value is -3.03. The molecule has 5 atom stereocenters. The molecule has 0 radical (unpaired) electrons. The number of esters is 1. The minimum absolute atomic E-state index is 0.134. The zero-order valence-electron chi connectivity index (χ0n) is 18.5. The topological polar surface area (TPSA) is 110 Å². The predicted octanol–water partition coefficient (Wildman–Crippen LogP) is 2.43. The molecule has 8 nitrogen and oxygen atoms in total. The number of Topliss-reactive ketones (excluding diaryl/α,β-unsaturated/α-hetero) is 1. The first-order valence-corrected chi connectivity index (χ1v) is 11.1. The van der Waals surface area contributed by atoms with Crippen LogP contribution >= 0.6 is 0 Å². The number of ether oxygens (including phenoxy) is 1. The highest BCUT2D eigenvalue weighted by molar-refractivity contribution is 6.09. The first-order chi connectivity index (χ1) is 15.2. The summed E-state index contributed by atoms with van der Waals surface area (Å²) in [6.45, 7) is 4.38. The van der Waals surface area contributed by atoms with Crippen LogP contribution in [-0.2, 0) is 23.9 Å². The average molecular weight is 440 g/mol. The van der Waals surface area contributed by atoms with Crippen LogP contribution in [-0.4, -0.2) is 47.0 Å². The molecule has 170 valence electrons. The highest BCUT2D eigenvalue weighted by Gasteiger charge is 2.62. The molecule has 32 heavy (non-hydrogen) atoms. The van der Waals surface area contributed by atoms with Gasteiger partial charge in [-0.15, -0.1) is 0 Å². The molecule has 1 saturated heterocycles. The highest BCUT2D eigenvalue weighted by atomic mass is 16.5. The first-order valence-electron chi connectivity index (χ1n) is 11.1. The lowest BCUT2D eigenvalue weighted by atomic mass is 9.81. The smallest absolute Gasteiger partial charge is 0.330 e. The molecule has 1 aromatic carbocycles. The lowest BCUT2D eigenvalue weighted by molar-refractivity contribution is -0.162. The van der Waals surface area contributed by atoms with Gasteiger partial charge in [-0.1, -0.05) is 26.0 Å². The van der Waals surface area contributed by atoms with Gasteiger partial charge in [-0.3, -0.25) is 24.1 Å². The summed E-state index contributed by atoms with van der Waals surface area (Å²) < 4.78 is 5.21. The van der Waals surface area contributed by atoms with Crippen molar-refractivity contribution >= 4 is 35.2 Å². The summed E-state index contributed by atoms with van der Waals surface area (Å²) in [4.78, 5) is 63.9. The van der Waals surface area contributed by atoms with Gasteiger partial charge < -0.3 is 10.1 Å². The fourth-order valence-corrected chi connectivity index (χ4v) is 5.62. The van der Waals surface area contributed by atoms with Crippen molar-refractivity contribution in [2.24, 2.45) is 29.6 Å². The normalized spacial score (nSPS) is 26.9. The number of likely N-dealkylation sites (tertiary alicyclic amines) is 1. The van der Waals surface area contributed by atoms with Crippen LogP contribution in [0.1, 0.15) is 50.4 Å². The molecule has 2 bridgehead atoms. The summed E-state index contributed by atoms with van der Waals surface area (Å²) in [7, 11) is 0. The molecule has 0 aromatic heterocycles. The molecular formula is C24H28N2O6. The number of nitrogens with zero attached hydrogens (tertiary/aromatic N) is 1. The number of imide groups is 1. The molecule has 3 amide bonds. The van der Waals surface area contributed by atoms with E-state index in [0.717, 1.165) is 24.2 Å². The Morgan fingerprint density at radius 1 is 1.09 bits per heavy atom. The number of fused-ring (bicyclic) bond motifs is 5. The predicted molar refractivity (Wildman–Crippen MR) is 114 cm³/mol. The fraction of sp³-hybridized carbons (Fsp3) is 0.542. The van der Waals surface area contributed by atoms with Crippen LogP contribution in [0, 0.1) is 29.6 Å². The van der Waals surface area contributed by atoms with Crippen LogP contribution in [0.25, 0.3) is 0 Å². The summed E-state index contributed by atoms with van der Waals surface area (Å²) in [5.41, 5.74) is 0.859. The summed E-state index contributed by atoms with van der Waals surface area (Å²) >= 11 is 0. The number of hydrogen-bond donors (Lipinski definition) is 1. The second-order valence-corrected chi connectivity index (χ2v) is 9.41. The van der Waals surface area contributed by atoms with Crippen molar-refractivity contribution in [2.45, 2.75) is 46.1 Å². The number of benzene rings is 1. The lowest BCUT2D eigenvalue weighted by Crippen LogP contribution is -2.50. The van der Waals surface area contributed by atoms with Crippen molar-refractivity contribution in [3.63, 3.8) is 0 Å². The molecule has 1 heterocycles. The summed E-state index contributed by atoms with van der Waals surface area (Å²) in [6.07, 6.45) is 2.84. The van der Waals surface area contributed by atoms with Gasteiger partial charge in [0.25, 0.3) is 5.91 Å². The second kappa shape index (κ2) is 8.48. The molecule has 2 aliphatic carbocycles. The number of ketones is 1. The number of hydrogen-bond acceptors (Lipinski definition) is 6. The van der Waals surface area contributed by atoms with Gasteiger partial charge >= 0.3 is 5.97 Å². The molecule has 1 aromatic rings. The van der Waals surface area contributed by atoms with E-state index in [4.69, 9.17) is 4.74 Å². The van der Waals surface area contributed by atoms with E-state index in [0.29, 0.717) is 11.3 Å². The maximum absolute atomic E-state index is 13.1. The van der Waals surface area contributed by atoms with Crippen LogP contribution in [0.3, 0.4) is 0 Å². The number of rotatable bonds is 7. The van der Waals surface area contributed by atoms with E-state index in [1.807, 2.05) is 0 Å². The second-order valence-electron chi connectivity index (χ2n) is 9.41. The Labute approximate surface area is 186 Å². The SMILES string of the molecule is CC(=O)c1cccc(NC(=O)COC(=O)[C@H](C(C)C)N2C(=O)[C@@H]3[C@H]4CC[C@@H](C4)[C@H]3C2=O)c1. The summed E-state index contributed by atoms with van der Waals surface area (Å²) in [6, 6.07) is 5.39. The van der Waals surface area contributed by atoms with Crippen LogP contribution in [0.15, 0.2) is 24.3 Å². The van der Waals surface area contributed by atoms with E-state index >= 15 is 0 Å². The van der Waals surface area contributed by atoms with Gasteiger partial charge in [0, 0.05) is 11.3 Å². The molecule has 8 heteroatoms. The van der Waals surface area contributed by atoms with Crippen molar-refractivity contribution in [1.29, 1.82) is 0 Å². The molecule has 0 unspecified atom stereocenters. The van der Waals surface area contributed by atoms with Crippen LogP contribution < -0.4 is 5.32 Å². The maximum atomic E-state index is 13.1. The molecule has 1 aliphatic heterocycles. The first kappa shape index (κ1) is 22.2. The Morgan fingerprint density at radius 3 is 2.28 bits per heavy atom. The Morgan fingerprint density at radius 2 is 1.72 bits per heavy atom. The number of carbonyl (C=O) groups is 5. The minimum Gasteiger partial charge on any atom is -0.454 e. The van der Waals surface area contributed by atoms with E-state index in [1.165, 1.54) is 13.0 Å². The van der Waals surface area contributed by atoms with Crippen molar-refractivity contribution in [3.8, 4) is 0 Å². The summed E-state index contributed by atoms with van der Waals surface area (Å²) in [5.74, 6) is -2.52. The number of nitrogens with one attached hydrogen (secondary N) is 1. The highest BCUT2D eigenvalue weighted by Crippen LogP contribution is 2.56. The quantitative estimate of drug-likeness (QED) is 0.396. The van der Waals surface area contributed by atoms with Gasteiger partial charge in [-0.25, -0.2) is 4.79 Å². The summed E-state index contributed by atoms with van der Waals surface area (Å²) in [5, 5.41) is 2.58. The van der Waals surface area contributed by atoms with Crippen molar-refractivity contribution < 1.29 is 28.7 Å². The Balaban J connectivity index is 1.40. The Bertz CT molecular complexity index is 958. The number of carbonyl (C=O) groups excluding carboxylic acids is 5. The van der Waals surface area contributed by atoms with E-state index < -0.39 is 24.5 Å². The molecule has 4 rings (SSSR count). The van der Waals surface area contributed by atoms with Gasteiger partial charge in [0.1, 0.15) is 6.04 Å².